The zero-order valence-electron chi connectivity index (χ0n) is 23.4. The van der Waals surface area contributed by atoms with E-state index in [4.69, 9.17) is 0 Å². The lowest BCUT2D eigenvalue weighted by Crippen LogP contribution is -2.13. The quantitative estimate of drug-likeness (QED) is 0.181. The van der Waals surface area contributed by atoms with E-state index in [2.05, 4.69) is 0 Å². The molecule has 210 valence electrons. The van der Waals surface area contributed by atoms with Gasteiger partial charge in [-0.15, -0.1) is 22.7 Å². The van der Waals surface area contributed by atoms with Gasteiger partial charge in [0.2, 0.25) is 0 Å². The van der Waals surface area contributed by atoms with E-state index < -0.39 is 28.5 Å². The van der Waals surface area contributed by atoms with Crippen LogP contribution in [0.3, 0.4) is 0 Å². The molecule has 2 heterocycles. The molecule has 4 aromatic rings. The molecule has 0 aliphatic heterocycles. The zero-order chi connectivity index (χ0) is 31.9. The molecular formula is C35H14N4O4S2. The van der Waals surface area contributed by atoms with E-state index in [9.17, 15) is 40.2 Å². The SMILES string of the molecule is CC1(C)c2cc(C=C3C(=O)c4cc(C#N)c(C#N)cc4C3=O)sc2-c2sc(C=C3C(=O)c4cc(C#N)c(C#N)cc4C3=O)cc21. The fraction of sp³-hybridized carbons (Fsp3) is 0.0857. The monoisotopic (exact) mass is 618 g/mol. The molecule has 3 aliphatic rings. The summed E-state index contributed by atoms with van der Waals surface area (Å²) in [6.45, 7) is 4.10. The average molecular weight is 619 g/mol. The maximum Gasteiger partial charge on any atom is 0.197 e. The van der Waals surface area contributed by atoms with E-state index in [0.29, 0.717) is 9.75 Å². The molecule has 2 aromatic carbocycles. The third kappa shape index (κ3) is 3.78. The molecule has 0 fully saturated rings. The summed E-state index contributed by atoms with van der Waals surface area (Å²) in [4.78, 5) is 56.0. The summed E-state index contributed by atoms with van der Waals surface area (Å²) in [6, 6.07) is 16.7. The lowest BCUT2D eigenvalue weighted by Gasteiger charge is -2.18. The fourth-order valence-corrected chi connectivity index (χ4v) is 8.71. The summed E-state index contributed by atoms with van der Waals surface area (Å²) in [7, 11) is 0. The Labute approximate surface area is 263 Å². The second-order valence-electron chi connectivity index (χ2n) is 11.2. The Bertz CT molecular complexity index is 2150. The third-order valence-corrected chi connectivity index (χ3v) is 10.7. The molecule has 45 heavy (non-hydrogen) atoms. The van der Waals surface area contributed by atoms with Gasteiger partial charge in [0, 0.05) is 47.2 Å². The number of hydrogen-bond acceptors (Lipinski definition) is 10. The summed E-state index contributed by atoms with van der Waals surface area (Å²) in [5.41, 5.74) is 2.10. The maximum atomic E-state index is 13.2. The topological polar surface area (TPSA) is 163 Å². The summed E-state index contributed by atoms with van der Waals surface area (Å²) < 4.78 is 0. The van der Waals surface area contributed by atoms with Crippen LogP contribution in [0, 0.1) is 45.3 Å². The van der Waals surface area contributed by atoms with Crippen LogP contribution in [0.1, 0.15) is 98.4 Å². The Morgan fingerprint density at radius 1 is 0.533 bits per heavy atom. The summed E-state index contributed by atoms with van der Waals surface area (Å²) in [6.07, 6.45) is 3.10. The number of fused-ring (bicyclic) bond motifs is 5. The van der Waals surface area contributed by atoms with Crippen LogP contribution in [0.5, 0.6) is 0 Å². The van der Waals surface area contributed by atoms with Gasteiger partial charge < -0.3 is 0 Å². The standard InChI is InChI=1S/C35H14N4O4S2/c1-35(2)27-9-19(7-25-29(40)21-3-15(11-36)16(12-37)4-22(21)30(25)41)44-33(27)34-28(35)10-20(45-34)8-26-31(42)23-5-17(13-38)18(14-39)6-24(23)32(26)43/h3-10H,1-2H3. The first-order chi connectivity index (χ1) is 21.5. The molecule has 0 unspecified atom stereocenters. The van der Waals surface area contributed by atoms with Crippen LogP contribution in [-0.4, -0.2) is 23.1 Å². The number of benzene rings is 2. The van der Waals surface area contributed by atoms with Crippen molar-refractivity contribution in [1.82, 2.24) is 0 Å². The van der Waals surface area contributed by atoms with E-state index in [1.807, 2.05) is 50.3 Å². The van der Waals surface area contributed by atoms with Gasteiger partial charge in [-0.3, -0.25) is 19.2 Å². The molecule has 8 nitrogen and oxygen atoms in total. The van der Waals surface area contributed by atoms with Crippen LogP contribution in [-0.2, 0) is 5.41 Å². The molecule has 7 rings (SSSR count). The number of hydrogen-bond donors (Lipinski definition) is 0. The number of thiophene rings is 2. The molecule has 0 radical (unpaired) electrons. The van der Waals surface area contributed by atoms with Crippen LogP contribution in [0.15, 0.2) is 47.5 Å². The smallest absolute Gasteiger partial charge is 0.197 e. The summed E-state index contributed by atoms with van der Waals surface area (Å²) >= 11 is 2.83. The highest BCUT2D eigenvalue weighted by Crippen LogP contribution is 2.56. The predicted molar refractivity (Wildman–Crippen MR) is 165 cm³/mol. The number of nitrogens with zero attached hydrogens (tertiary/aromatic N) is 4. The number of carbonyl (C=O) groups is 4. The van der Waals surface area contributed by atoms with Gasteiger partial charge >= 0.3 is 0 Å². The second kappa shape index (κ2) is 9.48. The molecule has 0 atom stereocenters. The van der Waals surface area contributed by atoms with E-state index in [1.54, 1.807) is 12.2 Å². The Morgan fingerprint density at radius 2 is 0.822 bits per heavy atom. The molecule has 0 saturated heterocycles. The van der Waals surface area contributed by atoms with Gasteiger partial charge in [0.1, 0.15) is 24.3 Å². The molecule has 0 saturated carbocycles. The van der Waals surface area contributed by atoms with Crippen molar-refractivity contribution in [2.75, 3.05) is 0 Å². The predicted octanol–water partition coefficient (Wildman–Crippen LogP) is 6.53. The number of allylic oxidation sites excluding steroid dienone is 2. The van der Waals surface area contributed by atoms with Crippen molar-refractivity contribution in [3.63, 3.8) is 0 Å². The highest BCUT2D eigenvalue weighted by Gasteiger charge is 2.41. The number of Topliss-reactive ketones (excluding diaryl/α,β-unsaturated/α-hetero) is 4. The highest BCUT2D eigenvalue weighted by atomic mass is 32.1. The van der Waals surface area contributed by atoms with Gasteiger partial charge in [-0.25, -0.2) is 0 Å². The Kier molecular flexibility index (Phi) is 5.85. The van der Waals surface area contributed by atoms with Gasteiger partial charge in [-0.05, 0) is 59.7 Å². The van der Waals surface area contributed by atoms with Crippen molar-refractivity contribution in [2.45, 2.75) is 19.3 Å². The lowest BCUT2D eigenvalue weighted by molar-refractivity contribution is 0.0975. The first-order valence-electron chi connectivity index (χ1n) is 13.4. The number of ketones is 4. The number of nitriles is 4. The number of rotatable bonds is 2. The first kappa shape index (κ1) is 27.8. The van der Waals surface area contributed by atoms with E-state index in [-0.39, 0.29) is 55.7 Å². The largest absolute Gasteiger partial charge is 0.288 e. The molecule has 0 spiro atoms. The second-order valence-corrected chi connectivity index (χ2v) is 13.3. The van der Waals surface area contributed by atoms with E-state index in [1.165, 1.54) is 46.9 Å². The van der Waals surface area contributed by atoms with Gasteiger partial charge in [0.05, 0.1) is 33.4 Å². The fourth-order valence-electron chi connectivity index (χ4n) is 6.03. The Morgan fingerprint density at radius 3 is 1.09 bits per heavy atom. The molecule has 10 heteroatoms. The Balaban J connectivity index is 1.25. The molecular weight excluding hydrogens is 605 g/mol. The third-order valence-electron chi connectivity index (χ3n) is 8.38. The summed E-state index contributed by atoms with van der Waals surface area (Å²) in [5, 5.41) is 37.4. The molecule has 2 aromatic heterocycles. The van der Waals surface area contributed by atoms with Crippen molar-refractivity contribution in [3.05, 3.63) is 113 Å². The lowest BCUT2D eigenvalue weighted by atomic mass is 9.83. The van der Waals surface area contributed by atoms with Gasteiger partial charge in [-0.2, -0.15) is 21.0 Å². The van der Waals surface area contributed by atoms with Crippen molar-refractivity contribution < 1.29 is 19.2 Å². The Hall–Kier alpha value is -6.04. The molecule has 0 bridgehead atoms. The van der Waals surface area contributed by atoms with Gasteiger partial charge in [0.25, 0.3) is 0 Å². The van der Waals surface area contributed by atoms with Crippen molar-refractivity contribution in [1.29, 1.82) is 21.0 Å². The minimum atomic E-state index is -0.495. The van der Waals surface area contributed by atoms with E-state index >= 15 is 0 Å². The van der Waals surface area contributed by atoms with Crippen LogP contribution in [0.25, 0.3) is 21.9 Å². The zero-order valence-corrected chi connectivity index (χ0v) is 25.0. The van der Waals surface area contributed by atoms with Crippen LogP contribution in [0.2, 0.25) is 0 Å². The maximum absolute atomic E-state index is 13.2. The van der Waals surface area contributed by atoms with Crippen LogP contribution in [0.4, 0.5) is 0 Å². The minimum Gasteiger partial charge on any atom is -0.288 e. The highest BCUT2D eigenvalue weighted by molar-refractivity contribution is 7.23. The average Bonchev–Trinajstić information content (AvgIpc) is 3.80. The van der Waals surface area contributed by atoms with Gasteiger partial charge in [0.15, 0.2) is 23.1 Å². The van der Waals surface area contributed by atoms with Crippen LogP contribution >= 0.6 is 22.7 Å². The molecule has 0 amide bonds. The minimum absolute atomic E-state index is 0.0320. The van der Waals surface area contributed by atoms with Crippen molar-refractivity contribution in [2.24, 2.45) is 0 Å². The van der Waals surface area contributed by atoms with E-state index in [0.717, 1.165) is 20.9 Å². The van der Waals surface area contributed by atoms with Crippen molar-refractivity contribution >= 4 is 58.0 Å². The first-order valence-corrected chi connectivity index (χ1v) is 15.0. The molecule has 3 aliphatic carbocycles. The normalized spacial score (nSPS) is 15.1. The number of carbonyl (C=O) groups excluding carboxylic acids is 4. The summed E-state index contributed by atoms with van der Waals surface area (Å²) in [5.74, 6) is -1.98. The van der Waals surface area contributed by atoms with Crippen molar-refractivity contribution in [3.8, 4) is 34.0 Å². The van der Waals surface area contributed by atoms with Gasteiger partial charge in [-0.1, -0.05) is 13.8 Å². The van der Waals surface area contributed by atoms with Crippen LogP contribution < -0.4 is 0 Å². The molecule has 0 N–H and O–H groups in total.